The van der Waals surface area contributed by atoms with Gasteiger partial charge in [-0.1, -0.05) is 57.2 Å². The van der Waals surface area contributed by atoms with Gasteiger partial charge in [0.05, 0.1) is 10.2 Å². The molecule has 1 N–H and O–H groups in total. The van der Waals surface area contributed by atoms with Crippen LogP contribution < -0.4 is 10.2 Å². The van der Waals surface area contributed by atoms with Crippen LogP contribution in [0, 0.1) is 5.92 Å². The maximum absolute atomic E-state index is 12.1. The Morgan fingerprint density at radius 1 is 1.20 bits per heavy atom. The van der Waals surface area contributed by atoms with Gasteiger partial charge in [-0.3, -0.25) is 4.79 Å². The third-order valence-corrected chi connectivity index (χ3v) is 4.30. The van der Waals surface area contributed by atoms with Gasteiger partial charge in [0.15, 0.2) is 6.61 Å². The zero-order valence-corrected chi connectivity index (χ0v) is 16.3. The van der Waals surface area contributed by atoms with Crippen LogP contribution >= 0.6 is 15.9 Å². The van der Waals surface area contributed by atoms with E-state index in [4.69, 9.17) is 4.74 Å². The first-order valence-corrected chi connectivity index (χ1v) is 9.13. The number of nitrogens with zero attached hydrogens (tertiary/aromatic N) is 1. The van der Waals surface area contributed by atoms with Crippen LogP contribution in [0.1, 0.15) is 31.9 Å². The van der Waals surface area contributed by atoms with E-state index in [9.17, 15) is 4.79 Å². The second-order valence-electron chi connectivity index (χ2n) is 5.96. The molecule has 5 heteroatoms. The number of amides is 1. The molecular formula is C20H23BrN2O2. The number of ether oxygens (including phenoxy) is 1. The van der Waals surface area contributed by atoms with Crippen molar-refractivity contribution in [3.8, 4) is 5.75 Å². The summed E-state index contributed by atoms with van der Waals surface area (Å²) >= 11 is 3.47. The molecule has 1 amide bonds. The molecule has 4 nitrogen and oxygen atoms in total. The first-order chi connectivity index (χ1) is 12.0. The Hall–Kier alpha value is -2.14. The van der Waals surface area contributed by atoms with E-state index < -0.39 is 0 Å². The van der Waals surface area contributed by atoms with Crippen LogP contribution in [0.5, 0.6) is 5.75 Å². The molecule has 0 aliphatic rings. The number of hydrazone groups is 1. The van der Waals surface area contributed by atoms with E-state index in [2.05, 4.69) is 33.4 Å². The van der Waals surface area contributed by atoms with Crippen LogP contribution in [0.4, 0.5) is 0 Å². The average molecular weight is 403 g/mol. The van der Waals surface area contributed by atoms with Crippen LogP contribution in [0.15, 0.2) is 58.1 Å². The van der Waals surface area contributed by atoms with E-state index in [1.165, 1.54) is 5.56 Å². The summed E-state index contributed by atoms with van der Waals surface area (Å²) in [5.41, 5.74) is 5.62. The minimum atomic E-state index is -0.291. The molecular weight excluding hydrogens is 380 g/mol. The molecule has 0 saturated heterocycles. The van der Waals surface area contributed by atoms with E-state index in [0.29, 0.717) is 5.75 Å². The molecule has 0 bridgehead atoms. The SMILES string of the molecule is CCc1ccc(OCC(=O)NN=C(c2ccccc2)C(C)C)c(Br)c1. The number of nitrogens with one attached hydrogen (secondary N) is 1. The molecule has 2 aromatic rings. The summed E-state index contributed by atoms with van der Waals surface area (Å²) in [5.74, 6) is 0.545. The average Bonchev–Trinajstić information content (AvgIpc) is 2.61. The molecule has 0 heterocycles. The fourth-order valence-corrected chi connectivity index (χ4v) is 2.86. The summed E-state index contributed by atoms with van der Waals surface area (Å²) in [4.78, 5) is 12.1. The van der Waals surface area contributed by atoms with Crippen molar-refractivity contribution in [2.75, 3.05) is 6.61 Å². The van der Waals surface area contributed by atoms with E-state index in [1.54, 1.807) is 0 Å². The van der Waals surface area contributed by atoms with Gasteiger partial charge in [0, 0.05) is 0 Å². The number of aryl methyl sites for hydroxylation is 1. The van der Waals surface area contributed by atoms with Crippen molar-refractivity contribution in [2.24, 2.45) is 11.0 Å². The van der Waals surface area contributed by atoms with Crippen molar-refractivity contribution < 1.29 is 9.53 Å². The Bertz CT molecular complexity index is 743. The summed E-state index contributed by atoms with van der Waals surface area (Å²) in [7, 11) is 0. The number of benzene rings is 2. The monoisotopic (exact) mass is 402 g/mol. The van der Waals surface area contributed by atoms with Gasteiger partial charge in [0.1, 0.15) is 5.75 Å². The van der Waals surface area contributed by atoms with Gasteiger partial charge in [-0.2, -0.15) is 5.10 Å². The number of hydrogen-bond donors (Lipinski definition) is 1. The Morgan fingerprint density at radius 2 is 1.92 bits per heavy atom. The molecule has 0 aliphatic heterocycles. The molecule has 0 unspecified atom stereocenters. The van der Waals surface area contributed by atoms with E-state index in [0.717, 1.165) is 22.2 Å². The Balaban J connectivity index is 1.97. The number of carbonyl (C=O) groups excluding carboxylic acids is 1. The fourth-order valence-electron chi connectivity index (χ4n) is 2.32. The van der Waals surface area contributed by atoms with Crippen LogP contribution in [0.2, 0.25) is 0 Å². The lowest BCUT2D eigenvalue weighted by molar-refractivity contribution is -0.123. The number of rotatable bonds is 7. The molecule has 0 radical (unpaired) electrons. The predicted molar refractivity (Wildman–Crippen MR) is 105 cm³/mol. The Labute approximate surface area is 157 Å². The molecule has 0 spiro atoms. The molecule has 0 aromatic heterocycles. The highest BCUT2D eigenvalue weighted by Crippen LogP contribution is 2.26. The largest absolute Gasteiger partial charge is 0.483 e. The molecule has 2 rings (SSSR count). The summed E-state index contributed by atoms with van der Waals surface area (Å²) in [6, 6.07) is 15.7. The molecule has 132 valence electrons. The van der Waals surface area contributed by atoms with Crippen molar-refractivity contribution in [2.45, 2.75) is 27.2 Å². The Kier molecular flexibility index (Phi) is 7.19. The second-order valence-corrected chi connectivity index (χ2v) is 6.81. The zero-order valence-electron chi connectivity index (χ0n) is 14.8. The predicted octanol–water partition coefficient (Wildman–Crippen LogP) is 4.57. The van der Waals surface area contributed by atoms with Crippen LogP contribution in [0.25, 0.3) is 0 Å². The maximum atomic E-state index is 12.1. The number of hydrogen-bond acceptors (Lipinski definition) is 3. The van der Waals surface area contributed by atoms with Gasteiger partial charge in [0.2, 0.25) is 0 Å². The summed E-state index contributed by atoms with van der Waals surface area (Å²) in [6.07, 6.45) is 0.950. The van der Waals surface area contributed by atoms with Gasteiger partial charge in [0.25, 0.3) is 5.91 Å². The number of halogens is 1. The molecule has 0 atom stereocenters. The minimum absolute atomic E-state index is 0.0895. The normalized spacial score (nSPS) is 11.5. The van der Waals surface area contributed by atoms with Crippen molar-refractivity contribution >= 4 is 27.5 Å². The van der Waals surface area contributed by atoms with Crippen molar-refractivity contribution in [1.82, 2.24) is 5.43 Å². The van der Waals surface area contributed by atoms with E-state index >= 15 is 0 Å². The van der Waals surface area contributed by atoms with Crippen molar-refractivity contribution in [3.63, 3.8) is 0 Å². The maximum Gasteiger partial charge on any atom is 0.277 e. The second kappa shape index (κ2) is 9.37. The van der Waals surface area contributed by atoms with Crippen LogP contribution in [0.3, 0.4) is 0 Å². The third-order valence-electron chi connectivity index (χ3n) is 3.68. The number of carbonyl (C=O) groups is 1. The topological polar surface area (TPSA) is 50.7 Å². The minimum Gasteiger partial charge on any atom is -0.483 e. The lowest BCUT2D eigenvalue weighted by atomic mass is 10.0. The van der Waals surface area contributed by atoms with Gasteiger partial charge in [-0.25, -0.2) is 5.43 Å². The van der Waals surface area contributed by atoms with Gasteiger partial charge in [-0.15, -0.1) is 0 Å². The smallest absolute Gasteiger partial charge is 0.277 e. The lowest BCUT2D eigenvalue weighted by Crippen LogP contribution is -2.27. The first kappa shape index (κ1) is 19.2. The van der Waals surface area contributed by atoms with Crippen LogP contribution in [-0.4, -0.2) is 18.2 Å². The molecule has 2 aromatic carbocycles. The molecule has 0 fully saturated rings. The lowest BCUT2D eigenvalue weighted by Gasteiger charge is -2.11. The first-order valence-electron chi connectivity index (χ1n) is 8.34. The van der Waals surface area contributed by atoms with E-state index in [1.807, 2.05) is 62.4 Å². The van der Waals surface area contributed by atoms with Crippen molar-refractivity contribution in [3.05, 3.63) is 64.1 Å². The van der Waals surface area contributed by atoms with Gasteiger partial charge >= 0.3 is 0 Å². The molecule has 0 aliphatic carbocycles. The molecule has 0 saturated carbocycles. The van der Waals surface area contributed by atoms with Crippen molar-refractivity contribution in [1.29, 1.82) is 0 Å². The quantitative estimate of drug-likeness (QED) is 0.544. The fraction of sp³-hybridized carbons (Fsp3) is 0.300. The zero-order chi connectivity index (χ0) is 18.2. The van der Waals surface area contributed by atoms with E-state index in [-0.39, 0.29) is 18.4 Å². The van der Waals surface area contributed by atoms with Gasteiger partial charge in [-0.05, 0) is 51.5 Å². The highest BCUT2D eigenvalue weighted by atomic mass is 79.9. The summed E-state index contributed by atoms with van der Waals surface area (Å²) in [6.45, 7) is 6.09. The highest BCUT2D eigenvalue weighted by Gasteiger charge is 2.10. The summed E-state index contributed by atoms with van der Waals surface area (Å²) in [5, 5.41) is 4.28. The summed E-state index contributed by atoms with van der Waals surface area (Å²) < 4.78 is 6.41. The van der Waals surface area contributed by atoms with Crippen LogP contribution in [-0.2, 0) is 11.2 Å². The molecule has 25 heavy (non-hydrogen) atoms. The van der Waals surface area contributed by atoms with Gasteiger partial charge < -0.3 is 4.74 Å². The standard InChI is InChI=1S/C20H23BrN2O2/c1-4-15-10-11-18(17(21)12-15)25-13-19(24)22-23-20(14(2)3)16-8-6-5-7-9-16/h5-12,14H,4,13H2,1-3H3,(H,22,24). The Morgan fingerprint density at radius 3 is 2.52 bits per heavy atom. The highest BCUT2D eigenvalue weighted by molar-refractivity contribution is 9.10. The third kappa shape index (κ3) is 5.71.